The highest BCUT2D eigenvalue weighted by Crippen LogP contribution is 2.15. The van der Waals surface area contributed by atoms with Gasteiger partial charge in [0.25, 0.3) is 0 Å². The number of carbonyl (C=O) groups excluding carboxylic acids is 2. The number of hydrogen-bond acceptors (Lipinski definition) is 6. The van der Waals surface area contributed by atoms with E-state index in [2.05, 4.69) is 50.3 Å². The molecule has 0 aliphatic rings. The molecule has 2 atom stereocenters. The van der Waals surface area contributed by atoms with Crippen molar-refractivity contribution in [3.05, 3.63) is 48.6 Å². The van der Waals surface area contributed by atoms with Crippen LogP contribution < -0.4 is 0 Å². The standard InChI is InChI=1S/C45H80O6/c1-3-5-7-8-9-10-11-12-13-14-15-16-17-18-23-26-29-32-35-39-45(49)51-43(40-46)41-50-44(48)38-34-31-28-25-22-20-19-21-24-27-30-33-37-42(47)36-6-4-2/h19-20,24-25,27-28,33,37,42-43,46-47H,3-18,21-23,26,29-32,34-36,38-41H2,1-2H3/b20-19-,27-24-,28-25-,37-33-/t42-,43-/m0/s1. The van der Waals surface area contributed by atoms with E-state index in [0.29, 0.717) is 19.3 Å². The lowest BCUT2D eigenvalue weighted by molar-refractivity contribution is -0.161. The van der Waals surface area contributed by atoms with E-state index in [9.17, 15) is 19.8 Å². The van der Waals surface area contributed by atoms with Crippen molar-refractivity contribution >= 4 is 11.9 Å². The van der Waals surface area contributed by atoms with Crippen LogP contribution in [0.4, 0.5) is 0 Å². The van der Waals surface area contributed by atoms with E-state index in [4.69, 9.17) is 9.47 Å². The second-order valence-corrected chi connectivity index (χ2v) is 14.2. The number of carbonyl (C=O) groups is 2. The summed E-state index contributed by atoms with van der Waals surface area (Å²) in [6.45, 7) is 3.95. The van der Waals surface area contributed by atoms with Crippen LogP contribution in [0.2, 0.25) is 0 Å². The normalized spacial score (nSPS) is 13.3. The molecule has 0 aliphatic heterocycles. The predicted octanol–water partition coefficient (Wildman–Crippen LogP) is 12.4. The third kappa shape index (κ3) is 38.9. The lowest BCUT2D eigenvalue weighted by atomic mass is 10.0. The molecule has 0 heterocycles. The average Bonchev–Trinajstić information content (AvgIpc) is 3.13. The summed E-state index contributed by atoms with van der Waals surface area (Å²) >= 11 is 0. The van der Waals surface area contributed by atoms with E-state index >= 15 is 0 Å². The summed E-state index contributed by atoms with van der Waals surface area (Å²) in [5.74, 6) is -0.674. The second kappa shape index (κ2) is 40.6. The van der Waals surface area contributed by atoms with Gasteiger partial charge >= 0.3 is 11.9 Å². The van der Waals surface area contributed by atoms with Crippen molar-refractivity contribution < 1.29 is 29.3 Å². The highest BCUT2D eigenvalue weighted by atomic mass is 16.6. The maximum Gasteiger partial charge on any atom is 0.306 e. The zero-order valence-corrected chi connectivity index (χ0v) is 33.2. The van der Waals surface area contributed by atoms with Gasteiger partial charge in [0.15, 0.2) is 6.10 Å². The predicted molar refractivity (Wildman–Crippen MR) is 216 cm³/mol. The second-order valence-electron chi connectivity index (χ2n) is 14.2. The number of ether oxygens (including phenoxy) is 2. The first kappa shape index (κ1) is 48.8. The molecular formula is C45H80O6. The minimum absolute atomic E-state index is 0.105. The lowest BCUT2D eigenvalue weighted by Crippen LogP contribution is -2.28. The van der Waals surface area contributed by atoms with E-state index < -0.39 is 6.10 Å². The number of aliphatic hydroxyl groups excluding tert-OH is 2. The molecule has 0 bridgehead atoms. The Morgan fingerprint density at radius 1 is 0.529 bits per heavy atom. The molecule has 51 heavy (non-hydrogen) atoms. The summed E-state index contributed by atoms with van der Waals surface area (Å²) in [4.78, 5) is 24.3. The van der Waals surface area contributed by atoms with Crippen molar-refractivity contribution in [2.75, 3.05) is 13.2 Å². The first-order valence-electron chi connectivity index (χ1n) is 21.3. The monoisotopic (exact) mass is 717 g/mol. The maximum absolute atomic E-state index is 12.2. The van der Waals surface area contributed by atoms with Crippen LogP contribution in [0.15, 0.2) is 48.6 Å². The van der Waals surface area contributed by atoms with Gasteiger partial charge in [0, 0.05) is 12.8 Å². The highest BCUT2D eigenvalue weighted by molar-refractivity contribution is 5.70. The fraction of sp³-hybridized carbons (Fsp3) is 0.778. The van der Waals surface area contributed by atoms with Crippen molar-refractivity contribution in [3.63, 3.8) is 0 Å². The van der Waals surface area contributed by atoms with Gasteiger partial charge in [0.05, 0.1) is 12.7 Å². The molecule has 0 spiro atoms. The first-order chi connectivity index (χ1) is 25.0. The molecular weight excluding hydrogens is 636 g/mol. The Morgan fingerprint density at radius 3 is 1.45 bits per heavy atom. The molecule has 0 rings (SSSR count). The Bertz CT molecular complexity index is 876. The Kier molecular flexibility index (Phi) is 38.9. The van der Waals surface area contributed by atoms with E-state index in [-0.39, 0.29) is 31.3 Å². The molecule has 0 amide bonds. The van der Waals surface area contributed by atoms with Gasteiger partial charge in [-0.3, -0.25) is 9.59 Å². The fourth-order valence-electron chi connectivity index (χ4n) is 5.92. The minimum atomic E-state index is -0.803. The number of esters is 2. The average molecular weight is 717 g/mol. The number of unbranched alkanes of at least 4 members (excludes halogenated alkanes) is 20. The zero-order valence-electron chi connectivity index (χ0n) is 33.2. The number of allylic oxidation sites excluding steroid dienone is 7. The quantitative estimate of drug-likeness (QED) is 0.0375. The van der Waals surface area contributed by atoms with Gasteiger partial charge in [0.1, 0.15) is 6.61 Å². The molecule has 0 aromatic rings. The molecule has 2 N–H and O–H groups in total. The number of rotatable bonds is 38. The molecule has 296 valence electrons. The van der Waals surface area contributed by atoms with Crippen molar-refractivity contribution in [2.45, 2.75) is 212 Å². The van der Waals surface area contributed by atoms with Crippen molar-refractivity contribution in [3.8, 4) is 0 Å². The minimum Gasteiger partial charge on any atom is -0.462 e. The van der Waals surface area contributed by atoms with Gasteiger partial charge in [-0.1, -0.05) is 191 Å². The summed E-state index contributed by atoms with van der Waals surface area (Å²) in [5.41, 5.74) is 0. The van der Waals surface area contributed by atoms with E-state index in [1.54, 1.807) is 0 Å². The Labute approximate surface area is 314 Å². The van der Waals surface area contributed by atoms with Gasteiger partial charge in [-0.2, -0.15) is 0 Å². The summed E-state index contributed by atoms with van der Waals surface area (Å²) in [6.07, 6.45) is 48.0. The Hall–Kier alpha value is -2.18. The molecule has 0 unspecified atom stereocenters. The fourth-order valence-corrected chi connectivity index (χ4v) is 5.92. The molecule has 6 heteroatoms. The van der Waals surface area contributed by atoms with E-state index in [1.807, 2.05) is 12.2 Å². The van der Waals surface area contributed by atoms with Gasteiger partial charge in [-0.05, 0) is 44.9 Å². The summed E-state index contributed by atoms with van der Waals surface area (Å²) in [7, 11) is 0. The van der Waals surface area contributed by atoms with Crippen molar-refractivity contribution in [1.29, 1.82) is 0 Å². The molecule has 0 aliphatic carbocycles. The number of aliphatic hydroxyl groups is 2. The summed E-state index contributed by atoms with van der Waals surface area (Å²) in [6, 6.07) is 0. The summed E-state index contributed by atoms with van der Waals surface area (Å²) in [5, 5.41) is 19.3. The number of hydrogen-bond donors (Lipinski definition) is 2. The first-order valence-corrected chi connectivity index (χ1v) is 21.3. The van der Waals surface area contributed by atoms with Crippen LogP contribution in [0.1, 0.15) is 200 Å². The third-order valence-electron chi connectivity index (χ3n) is 9.20. The molecule has 0 aromatic carbocycles. The van der Waals surface area contributed by atoms with Crippen molar-refractivity contribution in [2.24, 2.45) is 0 Å². The zero-order chi connectivity index (χ0) is 37.3. The van der Waals surface area contributed by atoms with Gasteiger partial charge < -0.3 is 19.7 Å². The Morgan fingerprint density at radius 2 is 0.961 bits per heavy atom. The molecule has 0 aromatic heterocycles. The molecule has 6 nitrogen and oxygen atoms in total. The third-order valence-corrected chi connectivity index (χ3v) is 9.20. The molecule has 0 saturated carbocycles. The molecule has 0 fully saturated rings. The van der Waals surface area contributed by atoms with Crippen LogP contribution in [-0.2, 0) is 19.1 Å². The van der Waals surface area contributed by atoms with Crippen LogP contribution in [0, 0.1) is 0 Å². The van der Waals surface area contributed by atoms with Crippen molar-refractivity contribution in [1.82, 2.24) is 0 Å². The van der Waals surface area contributed by atoms with Gasteiger partial charge in [0.2, 0.25) is 0 Å². The van der Waals surface area contributed by atoms with Crippen LogP contribution in [0.3, 0.4) is 0 Å². The van der Waals surface area contributed by atoms with Gasteiger partial charge in [-0.25, -0.2) is 0 Å². The molecule has 0 radical (unpaired) electrons. The SMILES string of the molecule is CCCCCCCCCCCCCCCCCCCCCC(=O)O[C@@H](CO)COC(=O)CCC/C=C\C/C=C\C/C=C\C/C=C\[C@@H](O)CCCC. The van der Waals surface area contributed by atoms with E-state index in [0.717, 1.165) is 64.2 Å². The Balaban J connectivity index is 3.63. The van der Waals surface area contributed by atoms with Crippen LogP contribution in [0.25, 0.3) is 0 Å². The molecule has 0 saturated heterocycles. The van der Waals surface area contributed by atoms with Crippen LogP contribution in [0.5, 0.6) is 0 Å². The van der Waals surface area contributed by atoms with Crippen LogP contribution >= 0.6 is 0 Å². The topological polar surface area (TPSA) is 93.1 Å². The summed E-state index contributed by atoms with van der Waals surface area (Å²) < 4.78 is 10.6. The van der Waals surface area contributed by atoms with E-state index in [1.165, 1.54) is 103 Å². The van der Waals surface area contributed by atoms with Crippen LogP contribution in [-0.4, -0.2) is 47.6 Å². The lowest BCUT2D eigenvalue weighted by Gasteiger charge is -2.15. The largest absolute Gasteiger partial charge is 0.462 e. The maximum atomic E-state index is 12.2. The highest BCUT2D eigenvalue weighted by Gasteiger charge is 2.16. The smallest absolute Gasteiger partial charge is 0.306 e. The van der Waals surface area contributed by atoms with Gasteiger partial charge in [-0.15, -0.1) is 0 Å².